The lowest BCUT2D eigenvalue weighted by atomic mass is 9.89. The number of hydrogen-bond donors (Lipinski definition) is 2. The maximum absolute atomic E-state index is 11.1. The van der Waals surface area contributed by atoms with Gasteiger partial charge in [0.05, 0.1) is 17.3 Å². The number of nitrogens with zero attached hydrogens (tertiary/aromatic N) is 3. The van der Waals surface area contributed by atoms with Crippen molar-refractivity contribution in [1.82, 2.24) is 15.0 Å². The molecule has 7 heteroatoms. The van der Waals surface area contributed by atoms with Crippen LogP contribution in [-0.4, -0.2) is 38.3 Å². The summed E-state index contributed by atoms with van der Waals surface area (Å²) in [6, 6.07) is 0.140. The Kier molecular flexibility index (Phi) is 3.47. The Labute approximate surface area is 117 Å². The second kappa shape index (κ2) is 5.14. The van der Waals surface area contributed by atoms with E-state index in [4.69, 9.17) is 15.6 Å². The van der Waals surface area contributed by atoms with Crippen LogP contribution in [0, 0.1) is 0 Å². The van der Waals surface area contributed by atoms with Gasteiger partial charge in [0.25, 0.3) is 0 Å². The monoisotopic (exact) mass is 280 g/mol. The zero-order valence-corrected chi connectivity index (χ0v) is 11.4. The Bertz CT molecular complexity index is 508. The van der Waals surface area contributed by atoms with Crippen LogP contribution in [0.3, 0.4) is 0 Å². The highest BCUT2D eigenvalue weighted by atomic mass is 16.5. The first-order valence-corrected chi connectivity index (χ1v) is 7.16. The summed E-state index contributed by atoms with van der Waals surface area (Å²) in [6.45, 7) is 0.829. The van der Waals surface area contributed by atoms with Gasteiger partial charge in [0.1, 0.15) is 0 Å². The SMILES string of the molecule is NCc1c(C(=O)O)nnn1C1CCOC2(CCCC2)C1. The van der Waals surface area contributed by atoms with E-state index in [-0.39, 0.29) is 23.9 Å². The van der Waals surface area contributed by atoms with Crippen molar-refractivity contribution in [2.75, 3.05) is 6.61 Å². The molecule has 7 nitrogen and oxygen atoms in total. The van der Waals surface area contributed by atoms with Crippen molar-refractivity contribution >= 4 is 5.97 Å². The zero-order valence-electron chi connectivity index (χ0n) is 11.4. The van der Waals surface area contributed by atoms with Gasteiger partial charge in [-0.15, -0.1) is 5.10 Å². The number of carbonyl (C=O) groups is 1. The van der Waals surface area contributed by atoms with Crippen molar-refractivity contribution in [3.8, 4) is 0 Å². The largest absolute Gasteiger partial charge is 0.476 e. The molecule has 1 saturated heterocycles. The summed E-state index contributed by atoms with van der Waals surface area (Å²) < 4.78 is 7.71. The van der Waals surface area contributed by atoms with Gasteiger partial charge in [0.15, 0.2) is 5.69 Å². The standard InChI is InChI=1S/C13H20N4O3/c14-8-10-11(12(18)19)15-16-17(10)9-3-6-20-13(7-9)4-1-2-5-13/h9H,1-8,14H2,(H,18,19). The highest BCUT2D eigenvalue weighted by Crippen LogP contribution is 2.43. The van der Waals surface area contributed by atoms with Crippen molar-refractivity contribution in [2.24, 2.45) is 5.73 Å². The molecule has 1 atom stereocenters. The minimum atomic E-state index is -1.07. The number of ether oxygens (including phenoxy) is 1. The summed E-state index contributed by atoms with van der Waals surface area (Å²) >= 11 is 0. The average molecular weight is 280 g/mol. The molecule has 3 N–H and O–H groups in total. The van der Waals surface area contributed by atoms with Gasteiger partial charge in [0, 0.05) is 13.2 Å². The molecule has 0 amide bonds. The molecule has 0 radical (unpaired) electrons. The second-order valence-electron chi connectivity index (χ2n) is 5.72. The molecule has 2 heterocycles. The van der Waals surface area contributed by atoms with Gasteiger partial charge >= 0.3 is 5.97 Å². The molecule has 3 rings (SSSR count). The molecule has 20 heavy (non-hydrogen) atoms. The summed E-state index contributed by atoms with van der Waals surface area (Å²) in [6.07, 6.45) is 6.28. The molecular weight excluding hydrogens is 260 g/mol. The van der Waals surface area contributed by atoms with E-state index in [1.54, 1.807) is 4.68 Å². The number of nitrogens with two attached hydrogens (primary N) is 1. The van der Waals surface area contributed by atoms with Crippen molar-refractivity contribution in [3.63, 3.8) is 0 Å². The van der Waals surface area contributed by atoms with E-state index in [9.17, 15) is 4.79 Å². The van der Waals surface area contributed by atoms with Crippen LogP contribution in [0.4, 0.5) is 0 Å². The fourth-order valence-corrected chi connectivity index (χ4v) is 3.54. The van der Waals surface area contributed by atoms with Crippen LogP contribution < -0.4 is 5.73 Å². The van der Waals surface area contributed by atoms with E-state index >= 15 is 0 Å². The fraction of sp³-hybridized carbons (Fsp3) is 0.769. The number of hydrogen-bond acceptors (Lipinski definition) is 5. The van der Waals surface area contributed by atoms with Crippen molar-refractivity contribution < 1.29 is 14.6 Å². The van der Waals surface area contributed by atoms with Gasteiger partial charge in [-0.05, 0) is 25.7 Å². The lowest BCUT2D eigenvalue weighted by molar-refractivity contribution is -0.0914. The van der Waals surface area contributed by atoms with E-state index in [1.807, 2.05) is 0 Å². The molecule has 1 unspecified atom stereocenters. The van der Waals surface area contributed by atoms with Crippen LogP contribution in [0.5, 0.6) is 0 Å². The van der Waals surface area contributed by atoms with Crippen LogP contribution in [-0.2, 0) is 11.3 Å². The third-order valence-corrected chi connectivity index (χ3v) is 4.51. The van der Waals surface area contributed by atoms with Crippen molar-refractivity contribution in [2.45, 2.75) is 56.7 Å². The zero-order chi connectivity index (χ0) is 14.2. The Hall–Kier alpha value is -1.47. The van der Waals surface area contributed by atoms with Crippen LogP contribution in [0.1, 0.15) is 60.7 Å². The molecule has 2 aliphatic rings. The van der Waals surface area contributed by atoms with E-state index in [2.05, 4.69) is 10.3 Å². The van der Waals surface area contributed by atoms with E-state index < -0.39 is 5.97 Å². The maximum Gasteiger partial charge on any atom is 0.358 e. The number of carboxylic acid groups (broad SMARTS) is 1. The molecule has 1 aliphatic heterocycles. The van der Waals surface area contributed by atoms with Crippen LogP contribution >= 0.6 is 0 Å². The highest BCUT2D eigenvalue weighted by molar-refractivity contribution is 5.86. The van der Waals surface area contributed by atoms with Crippen LogP contribution in [0.2, 0.25) is 0 Å². The molecule has 0 aromatic carbocycles. The third-order valence-electron chi connectivity index (χ3n) is 4.51. The Balaban J connectivity index is 1.87. The molecular formula is C13H20N4O3. The molecule has 1 aliphatic carbocycles. The van der Waals surface area contributed by atoms with Crippen LogP contribution in [0.25, 0.3) is 0 Å². The Morgan fingerprint density at radius 3 is 2.90 bits per heavy atom. The van der Waals surface area contributed by atoms with E-state index in [0.717, 1.165) is 25.7 Å². The number of aromatic carboxylic acids is 1. The Morgan fingerprint density at radius 1 is 1.50 bits per heavy atom. The van der Waals surface area contributed by atoms with Crippen LogP contribution in [0.15, 0.2) is 0 Å². The Morgan fingerprint density at radius 2 is 2.25 bits per heavy atom. The maximum atomic E-state index is 11.1. The summed E-state index contributed by atoms with van der Waals surface area (Å²) in [5.74, 6) is -1.07. The number of carboxylic acids is 1. The van der Waals surface area contributed by atoms with Gasteiger partial charge in [-0.2, -0.15) is 0 Å². The third kappa shape index (κ3) is 2.20. The topological polar surface area (TPSA) is 103 Å². The minimum absolute atomic E-state index is 0.0283. The smallest absolute Gasteiger partial charge is 0.358 e. The molecule has 1 spiro atoms. The predicted octanol–water partition coefficient (Wildman–Crippen LogP) is 1.10. The van der Waals surface area contributed by atoms with E-state index in [1.165, 1.54) is 12.8 Å². The normalized spacial score (nSPS) is 25.1. The molecule has 2 fully saturated rings. The summed E-state index contributed by atoms with van der Waals surface area (Å²) in [4.78, 5) is 11.1. The average Bonchev–Trinajstić information content (AvgIpc) is 3.05. The quantitative estimate of drug-likeness (QED) is 0.859. The minimum Gasteiger partial charge on any atom is -0.476 e. The molecule has 1 saturated carbocycles. The molecule has 0 bridgehead atoms. The van der Waals surface area contributed by atoms with Gasteiger partial charge in [-0.1, -0.05) is 18.1 Å². The molecule has 1 aromatic heterocycles. The van der Waals surface area contributed by atoms with Gasteiger partial charge < -0.3 is 15.6 Å². The summed E-state index contributed by atoms with van der Waals surface area (Å²) in [7, 11) is 0. The summed E-state index contributed by atoms with van der Waals surface area (Å²) in [5, 5.41) is 16.9. The second-order valence-corrected chi connectivity index (χ2v) is 5.72. The molecule has 1 aromatic rings. The lowest BCUT2D eigenvalue weighted by Gasteiger charge is -2.38. The van der Waals surface area contributed by atoms with Gasteiger partial charge in [-0.25, -0.2) is 9.48 Å². The summed E-state index contributed by atoms with van der Waals surface area (Å²) in [5.41, 5.74) is 6.14. The predicted molar refractivity (Wildman–Crippen MR) is 70.3 cm³/mol. The van der Waals surface area contributed by atoms with Crippen molar-refractivity contribution in [3.05, 3.63) is 11.4 Å². The first-order valence-electron chi connectivity index (χ1n) is 7.16. The van der Waals surface area contributed by atoms with Crippen molar-refractivity contribution in [1.29, 1.82) is 0 Å². The van der Waals surface area contributed by atoms with Gasteiger partial charge in [-0.3, -0.25) is 0 Å². The lowest BCUT2D eigenvalue weighted by Crippen LogP contribution is -2.39. The highest BCUT2D eigenvalue weighted by Gasteiger charge is 2.41. The fourth-order valence-electron chi connectivity index (χ4n) is 3.54. The molecule has 110 valence electrons. The van der Waals surface area contributed by atoms with E-state index in [0.29, 0.717) is 12.3 Å². The van der Waals surface area contributed by atoms with Gasteiger partial charge in [0.2, 0.25) is 0 Å². The first kappa shape index (κ1) is 13.5. The number of aromatic nitrogens is 3. The number of rotatable bonds is 3. The first-order chi connectivity index (χ1) is 9.65.